The van der Waals surface area contributed by atoms with Crippen LogP contribution in [0.5, 0.6) is 0 Å². The van der Waals surface area contributed by atoms with Crippen LogP contribution in [0.4, 0.5) is 39.7 Å². The number of amides is 2. The highest BCUT2D eigenvalue weighted by molar-refractivity contribution is 5.99. The second-order valence-electron chi connectivity index (χ2n) is 9.11. The summed E-state index contributed by atoms with van der Waals surface area (Å²) in [4.78, 5) is 18.7. The Balaban J connectivity index is 1.38. The standard InChI is InChI=1S/C25H24F4N8O3/c26-19-10-15(2-3-20(19)33-24(38)34-21-11-16(25(27,28)29)4-6-36(21)39)18-12-17(13-35-5-1-8-40-9-7-35)37-22(18)23(30)31-14-32-37/h2-4,6,10-12,14,39H,1,5,7-9,13H2,(H3,30,31,32,33,38)/p+1. The number of aromatic nitrogens is 4. The van der Waals surface area contributed by atoms with Gasteiger partial charge in [0.2, 0.25) is 0 Å². The Hall–Kier alpha value is -4.50. The van der Waals surface area contributed by atoms with E-state index >= 15 is 4.39 Å². The number of anilines is 3. The summed E-state index contributed by atoms with van der Waals surface area (Å²) in [5.74, 6) is -1.17. The Morgan fingerprint density at radius 1 is 1.15 bits per heavy atom. The van der Waals surface area contributed by atoms with Gasteiger partial charge in [0, 0.05) is 37.9 Å². The molecule has 15 heteroatoms. The molecule has 4 aromatic rings. The first-order valence-corrected chi connectivity index (χ1v) is 12.2. The number of nitrogens with zero attached hydrogens (tertiary/aromatic N) is 5. The number of nitrogens with two attached hydrogens (primary N) is 1. The number of alkyl halides is 3. The largest absolute Gasteiger partial charge is 0.416 e. The van der Waals surface area contributed by atoms with E-state index in [4.69, 9.17) is 10.5 Å². The van der Waals surface area contributed by atoms with Crippen molar-refractivity contribution in [1.82, 2.24) is 19.5 Å². The number of carbonyl (C=O) groups excluding carboxylic acids is 1. The molecule has 1 aromatic carbocycles. The third-order valence-corrected chi connectivity index (χ3v) is 6.39. The number of urea groups is 1. The van der Waals surface area contributed by atoms with Gasteiger partial charge in [-0.05, 0) is 36.2 Å². The third-order valence-electron chi connectivity index (χ3n) is 6.39. The molecule has 5 rings (SSSR count). The fourth-order valence-electron chi connectivity index (χ4n) is 4.47. The summed E-state index contributed by atoms with van der Waals surface area (Å²) < 4.78 is 61.6. The first-order valence-electron chi connectivity index (χ1n) is 12.2. The van der Waals surface area contributed by atoms with Gasteiger partial charge in [0.15, 0.2) is 5.82 Å². The molecule has 0 spiro atoms. The predicted molar refractivity (Wildman–Crippen MR) is 135 cm³/mol. The topological polar surface area (TPSA) is 134 Å². The van der Waals surface area contributed by atoms with Crippen LogP contribution in [0.2, 0.25) is 0 Å². The van der Waals surface area contributed by atoms with E-state index in [1.165, 1.54) is 18.5 Å². The molecule has 0 aliphatic carbocycles. The molecule has 0 saturated carbocycles. The lowest BCUT2D eigenvalue weighted by Crippen LogP contribution is -2.37. The van der Waals surface area contributed by atoms with Crippen LogP contribution in [-0.2, 0) is 17.5 Å². The number of rotatable bonds is 5. The van der Waals surface area contributed by atoms with Crippen molar-refractivity contribution in [1.29, 1.82) is 0 Å². The van der Waals surface area contributed by atoms with Crippen LogP contribution in [0.25, 0.3) is 16.6 Å². The number of fused-ring (bicyclic) bond motifs is 1. The van der Waals surface area contributed by atoms with Crippen LogP contribution in [-0.4, -0.2) is 57.0 Å². The molecule has 0 bridgehead atoms. The molecule has 0 unspecified atom stereocenters. The average Bonchev–Trinajstić information content (AvgIpc) is 3.07. The molecule has 40 heavy (non-hydrogen) atoms. The highest BCUT2D eigenvalue weighted by Gasteiger charge is 2.33. The SMILES string of the molecule is Nc1ncnn2c(CN3CCCOCC3)cc(-c3ccc(NC(=O)Nc4cc(C(F)(F)F)cc[n+]4O)c(F)c3)c12. The highest BCUT2D eigenvalue weighted by atomic mass is 19.4. The van der Waals surface area contributed by atoms with E-state index in [1.807, 2.05) is 6.07 Å². The number of ether oxygens (including phenoxy) is 1. The van der Waals surface area contributed by atoms with E-state index in [1.54, 1.807) is 10.6 Å². The maximum atomic E-state index is 15.1. The van der Waals surface area contributed by atoms with E-state index in [-0.39, 0.29) is 11.5 Å². The molecule has 1 aliphatic heterocycles. The minimum absolute atomic E-state index is 0.204. The maximum Gasteiger partial charge on any atom is 0.416 e. The number of nitrogens with one attached hydrogen (secondary N) is 2. The Kier molecular flexibility index (Phi) is 7.40. The van der Waals surface area contributed by atoms with Crippen LogP contribution < -0.4 is 21.1 Å². The number of pyridine rings is 1. The molecular formula is C25H25F4N8O3+. The van der Waals surface area contributed by atoms with Crippen molar-refractivity contribution >= 4 is 28.9 Å². The molecule has 3 aromatic heterocycles. The van der Waals surface area contributed by atoms with Gasteiger partial charge in [0.1, 0.15) is 23.9 Å². The normalized spacial score (nSPS) is 14.7. The maximum absolute atomic E-state index is 15.1. The second kappa shape index (κ2) is 10.9. The molecule has 1 saturated heterocycles. The summed E-state index contributed by atoms with van der Waals surface area (Å²) in [5.41, 5.74) is 7.18. The predicted octanol–water partition coefficient (Wildman–Crippen LogP) is 3.53. The third kappa shape index (κ3) is 5.74. The minimum atomic E-state index is -4.69. The Bertz CT molecular complexity index is 1550. The van der Waals surface area contributed by atoms with E-state index < -0.39 is 29.4 Å². The molecule has 4 heterocycles. The van der Waals surface area contributed by atoms with Crippen LogP contribution in [0.1, 0.15) is 17.7 Å². The molecular weight excluding hydrogens is 536 g/mol. The fourth-order valence-corrected chi connectivity index (χ4v) is 4.47. The van der Waals surface area contributed by atoms with Gasteiger partial charge in [-0.1, -0.05) is 10.8 Å². The van der Waals surface area contributed by atoms with Gasteiger partial charge in [0.05, 0.1) is 23.6 Å². The van der Waals surface area contributed by atoms with E-state index in [9.17, 15) is 23.2 Å². The number of benzene rings is 1. The number of nitrogen functional groups attached to an aromatic ring is 1. The van der Waals surface area contributed by atoms with Crippen molar-refractivity contribution in [2.75, 3.05) is 42.7 Å². The summed E-state index contributed by atoms with van der Waals surface area (Å²) >= 11 is 0. The van der Waals surface area contributed by atoms with Crippen LogP contribution >= 0.6 is 0 Å². The molecule has 210 valence electrons. The van der Waals surface area contributed by atoms with Crippen molar-refractivity contribution < 1.29 is 37.0 Å². The van der Waals surface area contributed by atoms with E-state index in [0.29, 0.717) is 53.3 Å². The number of carbonyl (C=O) groups is 1. The van der Waals surface area contributed by atoms with Gasteiger partial charge >= 0.3 is 18.0 Å². The van der Waals surface area contributed by atoms with Gasteiger partial charge in [0.25, 0.3) is 0 Å². The van der Waals surface area contributed by atoms with Crippen molar-refractivity contribution in [3.05, 3.63) is 66.0 Å². The van der Waals surface area contributed by atoms with Gasteiger partial charge < -0.3 is 15.7 Å². The molecule has 11 nitrogen and oxygen atoms in total. The van der Waals surface area contributed by atoms with Crippen LogP contribution in [0.3, 0.4) is 0 Å². The van der Waals surface area contributed by atoms with E-state index in [2.05, 4.69) is 25.6 Å². The lowest BCUT2D eigenvalue weighted by Gasteiger charge is -2.18. The zero-order valence-electron chi connectivity index (χ0n) is 21.0. The molecule has 1 aliphatic rings. The van der Waals surface area contributed by atoms with Crippen molar-refractivity contribution in [3.8, 4) is 11.1 Å². The van der Waals surface area contributed by atoms with Gasteiger partial charge in [-0.15, -0.1) is 0 Å². The number of hydrogen-bond acceptors (Lipinski definition) is 7. The van der Waals surface area contributed by atoms with Crippen molar-refractivity contribution in [3.63, 3.8) is 0 Å². The lowest BCUT2D eigenvalue weighted by molar-refractivity contribution is -0.893. The first-order chi connectivity index (χ1) is 19.1. The summed E-state index contributed by atoms with van der Waals surface area (Å²) in [6.07, 6.45) is -1.73. The molecule has 5 N–H and O–H groups in total. The summed E-state index contributed by atoms with van der Waals surface area (Å²) in [6, 6.07) is 6.02. The number of hydrogen-bond donors (Lipinski definition) is 4. The summed E-state index contributed by atoms with van der Waals surface area (Å²) in [7, 11) is 0. The summed E-state index contributed by atoms with van der Waals surface area (Å²) in [5, 5.41) is 18.4. The molecule has 0 radical (unpaired) electrons. The monoisotopic (exact) mass is 561 g/mol. The van der Waals surface area contributed by atoms with Gasteiger partial charge in [-0.25, -0.2) is 18.7 Å². The van der Waals surface area contributed by atoms with Crippen LogP contribution in [0, 0.1) is 5.82 Å². The quantitative estimate of drug-likeness (QED) is 0.166. The minimum Gasteiger partial charge on any atom is -0.382 e. The lowest BCUT2D eigenvalue weighted by atomic mass is 10.1. The average molecular weight is 562 g/mol. The zero-order chi connectivity index (χ0) is 28.4. The van der Waals surface area contributed by atoms with Crippen molar-refractivity contribution in [2.45, 2.75) is 19.1 Å². The second-order valence-corrected chi connectivity index (χ2v) is 9.11. The van der Waals surface area contributed by atoms with Crippen LogP contribution in [0.15, 0.2) is 48.9 Å². The molecule has 2 amide bonds. The number of halogens is 4. The Morgan fingerprint density at radius 2 is 1.98 bits per heavy atom. The Labute approximate surface area is 224 Å². The van der Waals surface area contributed by atoms with Gasteiger partial charge in [-0.2, -0.15) is 23.6 Å². The van der Waals surface area contributed by atoms with Gasteiger partial charge in [-0.3, -0.25) is 10.2 Å². The van der Waals surface area contributed by atoms with E-state index in [0.717, 1.165) is 31.4 Å². The first kappa shape index (κ1) is 27.1. The molecule has 1 fully saturated rings. The summed E-state index contributed by atoms with van der Waals surface area (Å²) in [6.45, 7) is 3.47. The fraction of sp³-hybridized carbons (Fsp3) is 0.280. The Morgan fingerprint density at radius 3 is 2.75 bits per heavy atom. The van der Waals surface area contributed by atoms with Crippen molar-refractivity contribution in [2.24, 2.45) is 0 Å². The smallest absolute Gasteiger partial charge is 0.382 e. The highest BCUT2D eigenvalue weighted by Crippen LogP contribution is 2.33. The zero-order valence-corrected chi connectivity index (χ0v) is 21.0. The molecule has 0 atom stereocenters.